The van der Waals surface area contributed by atoms with Gasteiger partial charge in [-0.25, -0.2) is 4.98 Å². The Morgan fingerprint density at radius 1 is 1.22 bits per heavy atom. The Morgan fingerprint density at radius 2 is 2.00 bits per heavy atom. The predicted molar refractivity (Wildman–Crippen MR) is 75.9 cm³/mol. The Labute approximate surface area is 111 Å². The molecule has 0 saturated carbocycles. The van der Waals surface area contributed by atoms with Crippen molar-refractivity contribution in [3.05, 3.63) is 17.6 Å². The van der Waals surface area contributed by atoms with E-state index >= 15 is 0 Å². The van der Waals surface area contributed by atoms with Gasteiger partial charge in [0, 0.05) is 19.3 Å². The van der Waals surface area contributed by atoms with E-state index in [-0.39, 0.29) is 0 Å². The summed E-state index contributed by atoms with van der Waals surface area (Å²) in [5, 5.41) is 0. The number of rotatable bonds is 2. The van der Waals surface area contributed by atoms with Gasteiger partial charge in [-0.1, -0.05) is 13.8 Å². The molecular weight excluding hydrogens is 222 g/mol. The van der Waals surface area contributed by atoms with E-state index < -0.39 is 0 Å². The molecule has 3 heteroatoms. The van der Waals surface area contributed by atoms with Gasteiger partial charge in [0.25, 0.3) is 0 Å². The summed E-state index contributed by atoms with van der Waals surface area (Å²) in [6, 6.07) is 0. The second-order valence-electron chi connectivity index (χ2n) is 5.84. The van der Waals surface area contributed by atoms with Gasteiger partial charge in [0.15, 0.2) is 0 Å². The summed E-state index contributed by atoms with van der Waals surface area (Å²) >= 11 is 0. The molecule has 1 fully saturated rings. The average molecular weight is 247 g/mol. The quantitative estimate of drug-likeness (QED) is 0.802. The van der Waals surface area contributed by atoms with Crippen molar-refractivity contribution in [2.24, 2.45) is 11.8 Å². The number of aryl methyl sites for hydroxylation is 2. The summed E-state index contributed by atoms with van der Waals surface area (Å²) in [5.41, 5.74) is 2.07. The minimum Gasteiger partial charge on any atom is -0.355 e. The first-order chi connectivity index (χ1) is 8.58. The van der Waals surface area contributed by atoms with Crippen LogP contribution in [0, 0.1) is 25.7 Å². The molecule has 1 aromatic rings. The Kier molecular flexibility index (Phi) is 4.20. The Hall–Kier alpha value is -1.12. The lowest BCUT2D eigenvalue weighted by atomic mass is 9.89. The second kappa shape index (κ2) is 5.68. The van der Waals surface area contributed by atoms with Gasteiger partial charge in [-0.05, 0) is 44.9 Å². The minimum absolute atomic E-state index is 0.801. The Balaban J connectivity index is 2.12. The van der Waals surface area contributed by atoms with Crippen LogP contribution in [0.4, 0.5) is 5.82 Å². The number of aromatic nitrogens is 2. The molecule has 0 amide bonds. The van der Waals surface area contributed by atoms with E-state index in [0.717, 1.165) is 42.1 Å². The molecule has 2 rings (SSSR count). The Morgan fingerprint density at radius 3 is 2.72 bits per heavy atom. The molecular formula is C15H25N3. The molecule has 100 valence electrons. The first kappa shape index (κ1) is 13.3. The minimum atomic E-state index is 0.801. The summed E-state index contributed by atoms with van der Waals surface area (Å²) in [5.74, 6) is 2.77. The van der Waals surface area contributed by atoms with E-state index in [1.807, 2.05) is 13.1 Å². The van der Waals surface area contributed by atoms with Crippen LogP contribution >= 0.6 is 0 Å². The van der Waals surface area contributed by atoms with Gasteiger partial charge < -0.3 is 4.90 Å². The van der Waals surface area contributed by atoms with Crippen LogP contribution in [0.2, 0.25) is 0 Å². The molecule has 0 radical (unpaired) electrons. The van der Waals surface area contributed by atoms with Gasteiger partial charge in [-0.3, -0.25) is 4.98 Å². The number of anilines is 1. The number of hydrogen-bond acceptors (Lipinski definition) is 3. The van der Waals surface area contributed by atoms with Crippen LogP contribution in [-0.2, 0) is 0 Å². The highest BCUT2D eigenvalue weighted by molar-refractivity contribution is 5.43. The second-order valence-corrected chi connectivity index (χ2v) is 5.84. The van der Waals surface area contributed by atoms with Crippen molar-refractivity contribution in [2.75, 3.05) is 18.0 Å². The van der Waals surface area contributed by atoms with Crippen LogP contribution in [0.25, 0.3) is 0 Å². The number of hydrogen-bond donors (Lipinski definition) is 0. The normalized spacial score (nSPS) is 21.2. The summed E-state index contributed by atoms with van der Waals surface area (Å²) in [7, 11) is 0. The molecule has 0 spiro atoms. The summed E-state index contributed by atoms with van der Waals surface area (Å²) < 4.78 is 0. The van der Waals surface area contributed by atoms with Gasteiger partial charge in [0.1, 0.15) is 5.82 Å². The zero-order valence-electron chi connectivity index (χ0n) is 12.1. The molecule has 2 heterocycles. The topological polar surface area (TPSA) is 29.0 Å². The van der Waals surface area contributed by atoms with Crippen molar-refractivity contribution < 1.29 is 0 Å². The van der Waals surface area contributed by atoms with Crippen molar-refractivity contribution in [1.82, 2.24) is 9.97 Å². The fraction of sp³-hybridized carbons (Fsp3) is 0.733. The standard InChI is InChI=1S/C15H25N3/c1-11(2)14-6-5-8-18(9-7-14)15-13(4)16-10-12(3)17-15/h10-11,14H,5-9H2,1-4H3. The molecule has 1 aliphatic heterocycles. The highest BCUT2D eigenvalue weighted by atomic mass is 15.2. The molecule has 0 N–H and O–H groups in total. The molecule has 0 aliphatic carbocycles. The third-order valence-corrected chi connectivity index (χ3v) is 4.07. The molecule has 3 nitrogen and oxygen atoms in total. The average Bonchev–Trinajstić information content (AvgIpc) is 2.58. The molecule has 1 aliphatic rings. The van der Waals surface area contributed by atoms with Gasteiger partial charge >= 0.3 is 0 Å². The van der Waals surface area contributed by atoms with E-state index in [1.165, 1.54) is 19.3 Å². The van der Waals surface area contributed by atoms with Crippen LogP contribution in [0.5, 0.6) is 0 Å². The lowest BCUT2D eigenvalue weighted by Gasteiger charge is -2.23. The summed E-state index contributed by atoms with van der Waals surface area (Å²) in [4.78, 5) is 11.5. The molecule has 1 atom stereocenters. The SMILES string of the molecule is Cc1cnc(C)c(N2CCCC(C(C)C)CC2)n1. The van der Waals surface area contributed by atoms with Crippen LogP contribution < -0.4 is 4.90 Å². The van der Waals surface area contributed by atoms with E-state index in [2.05, 4.69) is 35.6 Å². The summed E-state index contributed by atoms with van der Waals surface area (Å²) in [6.07, 6.45) is 5.77. The zero-order chi connectivity index (χ0) is 13.1. The monoisotopic (exact) mass is 247 g/mol. The lowest BCUT2D eigenvalue weighted by molar-refractivity contribution is 0.351. The van der Waals surface area contributed by atoms with Crippen molar-refractivity contribution in [1.29, 1.82) is 0 Å². The summed E-state index contributed by atoms with van der Waals surface area (Å²) in [6.45, 7) is 11.0. The van der Waals surface area contributed by atoms with Crippen molar-refractivity contribution in [3.63, 3.8) is 0 Å². The third-order valence-electron chi connectivity index (χ3n) is 4.07. The molecule has 1 aromatic heterocycles. The van der Waals surface area contributed by atoms with Crippen molar-refractivity contribution in [3.8, 4) is 0 Å². The lowest BCUT2D eigenvalue weighted by Crippen LogP contribution is -2.27. The fourth-order valence-electron chi connectivity index (χ4n) is 2.82. The first-order valence-electron chi connectivity index (χ1n) is 7.13. The molecule has 0 aromatic carbocycles. The Bertz CT molecular complexity index is 401. The van der Waals surface area contributed by atoms with Crippen LogP contribution in [0.3, 0.4) is 0 Å². The van der Waals surface area contributed by atoms with E-state index in [0.29, 0.717) is 0 Å². The maximum Gasteiger partial charge on any atom is 0.150 e. The molecule has 0 bridgehead atoms. The first-order valence-corrected chi connectivity index (χ1v) is 7.13. The number of nitrogens with zero attached hydrogens (tertiary/aromatic N) is 3. The molecule has 18 heavy (non-hydrogen) atoms. The smallest absolute Gasteiger partial charge is 0.150 e. The highest BCUT2D eigenvalue weighted by Crippen LogP contribution is 2.27. The van der Waals surface area contributed by atoms with Crippen LogP contribution in [0.1, 0.15) is 44.5 Å². The maximum absolute atomic E-state index is 4.67. The van der Waals surface area contributed by atoms with Crippen molar-refractivity contribution >= 4 is 5.82 Å². The predicted octanol–water partition coefficient (Wildman–Crippen LogP) is 3.36. The zero-order valence-corrected chi connectivity index (χ0v) is 12.1. The van der Waals surface area contributed by atoms with E-state index in [9.17, 15) is 0 Å². The molecule has 1 saturated heterocycles. The van der Waals surface area contributed by atoms with Gasteiger partial charge in [0.2, 0.25) is 0 Å². The van der Waals surface area contributed by atoms with Gasteiger partial charge in [-0.2, -0.15) is 0 Å². The van der Waals surface area contributed by atoms with Crippen LogP contribution in [0.15, 0.2) is 6.20 Å². The highest BCUT2D eigenvalue weighted by Gasteiger charge is 2.21. The van der Waals surface area contributed by atoms with Crippen molar-refractivity contribution in [2.45, 2.75) is 47.0 Å². The van der Waals surface area contributed by atoms with E-state index in [4.69, 9.17) is 0 Å². The third kappa shape index (κ3) is 3.01. The van der Waals surface area contributed by atoms with Crippen LogP contribution in [-0.4, -0.2) is 23.1 Å². The molecule has 1 unspecified atom stereocenters. The van der Waals surface area contributed by atoms with Gasteiger partial charge in [0.05, 0.1) is 11.4 Å². The van der Waals surface area contributed by atoms with Gasteiger partial charge in [-0.15, -0.1) is 0 Å². The maximum atomic E-state index is 4.67. The fourth-order valence-corrected chi connectivity index (χ4v) is 2.82. The largest absolute Gasteiger partial charge is 0.355 e. The van der Waals surface area contributed by atoms with E-state index in [1.54, 1.807) is 0 Å².